The molecule has 7 heteroatoms. The molecule has 1 rings (SSSR count). The smallest absolute Gasteiger partial charge is 0.446 e. The third kappa shape index (κ3) is 4.31. The summed E-state index contributed by atoms with van der Waals surface area (Å²) in [6, 6.07) is 9.12. The fourth-order valence-corrected chi connectivity index (χ4v) is 1.84. The van der Waals surface area contributed by atoms with Gasteiger partial charge in [0.15, 0.2) is 5.03 Å². The van der Waals surface area contributed by atoms with Crippen LogP contribution in [0.5, 0.6) is 0 Å². The van der Waals surface area contributed by atoms with E-state index < -0.39 is 11.1 Å². The molecule has 6 nitrogen and oxygen atoms in total. The number of rotatable bonds is 5. The molecular weight excluding hydrogens is 244 g/mol. The molecule has 92 valence electrons. The van der Waals surface area contributed by atoms with Crippen LogP contribution in [0.4, 0.5) is 4.79 Å². The summed E-state index contributed by atoms with van der Waals surface area (Å²) in [6.45, 7) is 1.71. The highest BCUT2D eigenvalue weighted by Gasteiger charge is 2.25. The number of ether oxygens (including phenoxy) is 1. The van der Waals surface area contributed by atoms with Crippen LogP contribution in [-0.2, 0) is 4.74 Å². The van der Waals surface area contributed by atoms with Crippen molar-refractivity contribution in [3.8, 4) is 0 Å². The number of benzene rings is 1. The number of nitro groups is 1. The summed E-state index contributed by atoms with van der Waals surface area (Å²) in [4.78, 5) is 22.8. The number of amides is 1. The lowest BCUT2D eigenvalue weighted by Crippen LogP contribution is -2.36. The molecule has 0 saturated heterocycles. The topological polar surface area (TPSA) is 72.7 Å². The first-order valence-corrected chi connectivity index (χ1v) is 5.90. The Morgan fingerprint density at radius 1 is 1.47 bits per heavy atom. The number of thioether (sulfide) groups is 1. The quantitative estimate of drug-likeness (QED) is 0.350. The molecule has 1 aromatic rings. The van der Waals surface area contributed by atoms with Gasteiger partial charge in [0.1, 0.15) is 5.88 Å². The average molecular weight is 256 g/mol. The number of hydrogen-bond acceptors (Lipinski definition) is 5. The standard InChI is InChI=1S/C10H12N2O4S/c1-2-16-10(13)11(12(14)15)8-17-9-6-4-3-5-7-9/h3-7H,2,8H2,1H3. The SMILES string of the molecule is CCOC(=O)N(CSc1ccccc1)[N+](=O)[O-]. The molecule has 0 spiro atoms. The summed E-state index contributed by atoms with van der Waals surface area (Å²) in [5, 5.41) is 10.3. The molecule has 0 radical (unpaired) electrons. The van der Waals surface area contributed by atoms with E-state index in [0.717, 1.165) is 4.90 Å². The van der Waals surface area contributed by atoms with Gasteiger partial charge in [-0.3, -0.25) is 0 Å². The predicted molar refractivity (Wildman–Crippen MR) is 63.0 cm³/mol. The summed E-state index contributed by atoms with van der Waals surface area (Å²) in [6.07, 6.45) is -0.944. The van der Waals surface area contributed by atoms with E-state index in [1.165, 1.54) is 11.8 Å². The second-order valence-corrected chi connectivity index (χ2v) is 3.94. The second kappa shape index (κ2) is 6.74. The third-order valence-electron chi connectivity index (χ3n) is 1.77. The van der Waals surface area contributed by atoms with E-state index in [-0.39, 0.29) is 12.5 Å². The Morgan fingerprint density at radius 2 is 2.12 bits per heavy atom. The summed E-state index contributed by atoms with van der Waals surface area (Å²) in [5.41, 5.74) is 0. The fraction of sp³-hybridized carbons (Fsp3) is 0.300. The van der Waals surface area contributed by atoms with Crippen molar-refractivity contribution in [2.24, 2.45) is 0 Å². The molecule has 0 aliphatic carbocycles. The normalized spacial score (nSPS) is 9.71. The molecule has 1 aromatic carbocycles. The van der Waals surface area contributed by atoms with Crippen molar-refractivity contribution in [1.29, 1.82) is 0 Å². The number of carbonyl (C=O) groups excluding carboxylic acids is 1. The Morgan fingerprint density at radius 3 is 2.65 bits per heavy atom. The predicted octanol–water partition coefficient (Wildman–Crippen LogP) is 2.39. The van der Waals surface area contributed by atoms with Crippen LogP contribution in [0.15, 0.2) is 35.2 Å². The second-order valence-electron chi connectivity index (χ2n) is 2.92. The molecule has 0 N–H and O–H groups in total. The van der Waals surface area contributed by atoms with Gasteiger partial charge in [-0.05, 0) is 24.1 Å². The van der Waals surface area contributed by atoms with Crippen LogP contribution in [0, 0.1) is 10.1 Å². The van der Waals surface area contributed by atoms with Gasteiger partial charge in [0.05, 0.1) is 6.61 Å². The van der Waals surface area contributed by atoms with Crippen molar-refractivity contribution >= 4 is 17.9 Å². The van der Waals surface area contributed by atoms with E-state index in [4.69, 9.17) is 0 Å². The van der Waals surface area contributed by atoms with Gasteiger partial charge in [-0.1, -0.05) is 30.0 Å². The van der Waals surface area contributed by atoms with Crippen LogP contribution in [0.1, 0.15) is 6.92 Å². The van der Waals surface area contributed by atoms with Crippen molar-refractivity contribution in [2.75, 3.05) is 12.5 Å². The van der Waals surface area contributed by atoms with Crippen LogP contribution in [-0.4, -0.2) is 28.6 Å². The molecule has 0 fully saturated rings. The Labute approximate surface area is 103 Å². The van der Waals surface area contributed by atoms with Gasteiger partial charge in [-0.2, -0.15) is 0 Å². The Balaban J connectivity index is 2.56. The molecule has 17 heavy (non-hydrogen) atoms. The summed E-state index contributed by atoms with van der Waals surface area (Å²) in [5.74, 6) is -0.0875. The van der Waals surface area contributed by atoms with Crippen molar-refractivity contribution < 1.29 is 14.6 Å². The lowest BCUT2D eigenvalue weighted by molar-refractivity contribution is -0.630. The van der Waals surface area contributed by atoms with Gasteiger partial charge >= 0.3 is 6.09 Å². The first kappa shape index (κ1) is 13.3. The van der Waals surface area contributed by atoms with E-state index in [0.29, 0.717) is 5.01 Å². The van der Waals surface area contributed by atoms with E-state index in [1.807, 2.05) is 30.3 Å². The molecule has 0 aromatic heterocycles. The Hall–Kier alpha value is -1.76. The van der Waals surface area contributed by atoms with Gasteiger partial charge < -0.3 is 4.74 Å². The minimum Gasteiger partial charge on any atom is -0.446 e. The number of hydrazine groups is 1. The van der Waals surface area contributed by atoms with Crippen LogP contribution < -0.4 is 0 Å². The maximum atomic E-state index is 11.3. The van der Waals surface area contributed by atoms with Crippen LogP contribution in [0.25, 0.3) is 0 Å². The lowest BCUT2D eigenvalue weighted by atomic mass is 10.4. The van der Waals surface area contributed by atoms with Gasteiger partial charge in [-0.25, -0.2) is 14.9 Å². The van der Waals surface area contributed by atoms with E-state index >= 15 is 0 Å². The number of nitrogens with zero attached hydrogens (tertiary/aromatic N) is 2. The van der Waals surface area contributed by atoms with Gasteiger partial charge in [0, 0.05) is 4.90 Å². The van der Waals surface area contributed by atoms with Crippen molar-refractivity contribution in [3.05, 3.63) is 40.4 Å². The highest BCUT2D eigenvalue weighted by atomic mass is 32.2. The number of hydrogen-bond donors (Lipinski definition) is 0. The highest BCUT2D eigenvalue weighted by molar-refractivity contribution is 7.99. The van der Waals surface area contributed by atoms with E-state index in [2.05, 4.69) is 4.74 Å². The maximum Gasteiger partial charge on any atom is 0.469 e. The fourth-order valence-electron chi connectivity index (χ4n) is 1.02. The van der Waals surface area contributed by atoms with E-state index in [9.17, 15) is 14.9 Å². The molecular formula is C10H12N2O4S. The zero-order valence-corrected chi connectivity index (χ0v) is 10.1. The van der Waals surface area contributed by atoms with Crippen LogP contribution in [0.3, 0.4) is 0 Å². The van der Waals surface area contributed by atoms with Crippen molar-refractivity contribution in [2.45, 2.75) is 11.8 Å². The van der Waals surface area contributed by atoms with Gasteiger partial charge in [0.25, 0.3) is 0 Å². The third-order valence-corrected chi connectivity index (χ3v) is 2.75. The average Bonchev–Trinajstić information content (AvgIpc) is 2.30. The Bertz CT molecular complexity index is 385. The molecule has 0 bridgehead atoms. The summed E-state index contributed by atoms with van der Waals surface area (Å²) in [7, 11) is 0. The molecule has 0 atom stereocenters. The zero-order valence-electron chi connectivity index (χ0n) is 9.24. The van der Waals surface area contributed by atoms with Crippen LogP contribution in [0.2, 0.25) is 0 Å². The van der Waals surface area contributed by atoms with E-state index in [1.54, 1.807) is 6.92 Å². The monoisotopic (exact) mass is 256 g/mol. The Kier molecular flexibility index (Phi) is 5.28. The number of carbonyl (C=O) groups is 1. The first-order chi connectivity index (χ1) is 8.15. The molecule has 0 aliphatic rings. The van der Waals surface area contributed by atoms with Gasteiger partial charge in [0.2, 0.25) is 0 Å². The minimum absolute atomic E-state index is 0.0875. The largest absolute Gasteiger partial charge is 0.469 e. The molecule has 0 saturated carbocycles. The lowest BCUT2D eigenvalue weighted by Gasteiger charge is -2.11. The summed E-state index contributed by atoms with van der Waals surface area (Å²) >= 11 is 1.19. The summed E-state index contributed by atoms with van der Waals surface area (Å²) < 4.78 is 4.59. The molecule has 0 heterocycles. The zero-order chi connectivity index (χ0) is 12.7. The first-order valence-electron chi connectivity index (χ1n) is 4.91. The molecule has 1 amide bonds. The van der Waals surface area contributed by atoms with Crippen molar-refractivity contribution in [1.82, 2.24) is 5.01 Å². The van der Waals surface area contributed by atoms with Gasteiger partial charge in [-0.15, -0.1) is 0 Å². The highest BCUT2D eigenvalue weighted by Crippen LogP contribution is 2.18. The minimum atomic E-state index is -0.944. The van der Waals surface area contributed by atoms with Crippen LogP contribution >= 0.6 is 11.8 Å². The van der Waals surface area contributed by atoms with Crippen molar-refractivity contribution in [3.63, 3.8) is 0 Å². The molecule has 0 unspecified atom stereocenters. The maximum absolute atomic E-state index is 11.3. The molecule has 0 aliphatic heterocycles.